The molecule has 0 unspecified atom stereocenters. The molecule has 0 saturated carbocycles. The summed E-state index contributed by atoms with van der Waals surface area (Å²) < 4.78 is 12.3. The van der Waals surface area contributed by atoms with E-state index in [4.69, 9.17) is 9.15 Å². The molecule has 0 aliphatic carbocycles. The van der Waals surface area contributed by atoms with E-state index in [0.29, 0.717) is 44.8 Å². The first kappa shape index (κ1) is 21.3. The molecule has 0 radical (unpaired) electrons. The minimum Gasteiger partial charge on any atom is -0.504 e. The standard InChI is InChI=1S/C24H17Br2NO4/c1-2-30-21-12-19(25)22(26)18(23(21)28)13-27-16-8-5-7-14(10-16)17-11-15-6-3-4-9-20(15)31-24(17)29/h3-13,28H,2H2,1H3. The maximum Gasteiger partial charge on any atom is 0.344 e. The van der Waals surface area contributed by atoms with Crippen molar-refractivity contribution in [2.45, 2.75) is 6.92 Å². The van der Waals surface area contributed by atoms with Crippen LogP contribution in [0.25, 0.3) is 22.1 Å². The summed E-state index contributed by atoms with van der Waals surface area (Å²) in [6.07, 6.45) is 1.55. The second-order valence-electron chi connectivity index (χ2n) is 6.66. The highest BCUT2D eigenvalue weighted by molar-refractivity contribution is 9.13. The van der Waals surface area contributed by atoms with E-state index >= 15 is 0 Å². The summed E-state index contributed by atoms with van der Waals surface area (Å²) in [6, 6.07) is 18.2. The number of hydrogen-bond donors (Lipinski definition) is 1. The molecular formula is C24H17Br2NO4. The first-order valence-electron chi connectivity index (χ1n) is 9.49. The zero-order chi connectivity index (χ0) is 22.0. The molecule has 4 rings (SSSR count). The molecule has 0 saturated heterocycles. The van der Waals surface area contributed by atoms with E-state index in [2.05, 4.69) is 36.9 Å². The summed E-state index contributed by atoms with van der Waals surface area (Å²) in [7, 11) is 0. The van der Waals surface area contributed by atoms with Crippen molar-refractivity contribution in [2.24, 2.45) is 4.99 Å². The number of aliphatic imine (C=N–C) groups is 1. The molecule has 0 aliphatic heterocycles. The summed E-state index contributed by atoms with van der Waals surface area (Å²) in [5, 5.41) is 11.4. The number of aromatic hydroxyl groups is 1. The lowest BCUT2D eigenvalue weighted by Gasteiger charge is -2.11. The van der Waals surface area contributed by atoms with E-state index in [1.54, 1.807) is 24.4 Å². The molecule has 0 atom stereocenters. The lowest BCUT2D eigenvalue weighted by Crippen LogP contribution is -2.02. The quantitative estimate of drug-likeness (QED) is 0.221. The minimum atomic E-state index is -0.409. The summed E-state index contributed by atoms with van der Waals surface area (Å²) in [6.45, 7) is 2.27. The van der Waals surface area contributed by atoms with Gasteiger partial charge in [-0.3, -0.25) is 4.99 Å². The highest BCUT2D eigenvalue weighted by Crippen LogP contribution is 2.40. The van der Waals surface area contributed by atoms with Crippen molar-refractivity contribution in [1.82, 2.24) is 0 Å². The van der Waals surface area contributed by atoms with Gasteiger partial charge in [0.1, 0.15) is 5.58 Å². The van der Waals surface area contributed by atoms with Gasteiger partial charge in [-0.25, -0.2) is 4.79 Å². The van der Waals surface area contributed by atoms with Crippen LogP contribution in [0.3, 0.4) is 0 Å². The maximum atomic E-state index is 12.5. The fourth-order valence-corrected chi connectivity index (χ4v) is 3.98. The Balaban J connectivity index is 1.73. The van der Waals surface area contributed by atoms with Crippen molar-refractivity contribution in [3.8, 4) is 22.6 Å². The van der Waals surface area contributed by atoms with Gasteiger partial charge in [0.15, 0.2) is 11.5 Å². The van der Waals surface area contributed by atoms with E-state index in [1.165, 1.54) is 0 Å². The number of fused-ring (bicyclic) bond motifs is 1. The summed E-state index contributed by atoms with van der Waals surface area (Å²) >= 11 is 6.92. The normalized spacial score (nSPS) is 11.3. The zero-order valence-corrected chi connectivity index (χ0v) is 19.6. The first-order valence-corrected chi connectivity index (χ1v) is 11.1. The van der Waals surface area contributed by atoms with E-state index in [-0.39, 0.29) is 5.75 Å². The Kier molecular flexibility index (Phi) is 6.25. The summed E-state index contributed by atoms with van der Waals surface area (Å²) in [5.41, 5.74) is 2.39. The Hall–Kier alpha value is -2.90. The van der Waals surface area contributed by atoms with Crippen molar-refractivity contribution in [2.75, 3.05) is 6.61 Å². The lowest BCUT2D eigenvalue weighted by atomic mass is 10.1. The number of hydrogen-bond acceptors (Lipinski definition) is 5. The molecule has 0 amide bonds. The smallest absolute Gasteiger partial charge is 0.344 e. The molecule has 1 aromatic heterocycles. The van der Waals surface area contributed by atoms with Crippen molar-refractivity contribution in [3.05, 3.63) is 85.6 Å². The van der Waals surface area contributed by atoms with Crippen molar-refractivity contribution < 1.29 is 14.3 Å². The lowest BCUT2D eigenvalue weighted by molar-refractivity contribution is 0.317. The van der Waals surface area contributed by atoms with E-state index in [9.17, 15) is 9.90 Å². The van der Waals surface area contributed by atoms with Gasteiger partial charge in [-0.15, -0.1) is 0 Å². The zero-order valence-electron chi connectivity index (χ0n) is 16.4. The molecule has 4 aromatic rings. The van der Waals surface area contributed by atoms with Gasteiger partial charge in [0.25, 0.3) is 0 Å². The Morgan fingerprint density at radius 1 is 1.10 bits per heavy atom. The highest BCUT2D eigenvalue weighted by Gasteiger charge is 2.15. The molecule has 31 heavy (non-hydrogen) atoms. The Morgan fingerprint density at radius 2 is 1.90 bits per heavy atom. The Bertz CT molecular complexity index is 1360. The van der Waals surface area contributed by atoms with Crippen LogP contribution >= 0.6 is 31.9 Å². The third-order valence-electron chi connectivity index (χ3n) is 4.63. The fourth-order valence-electron chi connectivity index (χ4n) is 3.15. The predicted molar refractivity (Wildman–Crippen MR) is 130 cm³/mol. The number of benzene rings is 3. The van der Waals surface area contributed by atoms with Gasteiger partial charge in [-0.1, -0.05) is 30.3 Å². The summed E-state index contributed by atoms with van der Waals surface area (Å²) in [5.74, 6) is 0.355. The molecule has 0 aliphatic rings. The minimum absolute atomic E-state index is 0.00740. The number of rotatable bonds is 5. The number of ether oxygens (including phenoxy) is 1. The topological polar surface area (TPSA) is 72.0 Å². The van der Waals surface area contributed by atoms with Crippen LogP contribution in [0.2, 0.25) is 0 Å². The molecule has 1 heterocycles. The number of halogens is 2. The van der Waals surface area contributed by atoms with Gasteiger partial charge in [-0.05, 0) is 74.7 Å². The highest BCUT2D eigenvalue weighted by atomic mass is 79.9. The predicted octanol–water partition coefficient (Wildman–Crippen LogP) is 6.84. The average Bonchev–Trinajstić information content (AvgIpc) is 2.77. The number of nitrogens with zero attached hydrogens (tertiary/aromatic N) is 1. The monoisotopic (exact) mass is 541 g/mol. The Morgan fingerprint density at radius 3 is 2.71 bits per heavy atom. The largest absolute Gasteiger partial charge is 0.504 e. The van der Waals surface area contributed by atoms with E-state index in [0.717, 1.165) is 9.86 Å². The number of phenols is 1. The van der Waals surface area contributed by atoms with Gasteiger partial charge in [0.05, 0.1) is 23.4 Å². The van der Waals surface area contributed by atoms with Gasteiger partial charge >= 0.3 is 5.63 Å². The van der Waals surface area contributed by atoms with Gasteiger partial charge in [0.2, 0.25) is 0 Å². The van der Waals surface area contributed by atoms with Crippen LogP contribution in [0.1, 0.15) is 12.5 Å². The molecule has 5 nitrogen and oxygen atoms in total. The van der Waals surface area contributed by atoms with Crippen molar-refractivity contribution in [3.63, 3.8) is 0 Å². The van der Waals surface area contributed by atoms with Crippen molar-refractivity contribution >= 4 is 54.7 Å². The molecular weight excluding hydrogens is 526 g/mol. The maximum absolute atomic E-state index is 12.5. The molecule has 1 N–H and O–H groups in total. The van der Waals surface area contributed by atoms with E-state index in [1.807, 2.05) is 49.4 Å². The van der Waals surface area contributed by atoms with Crippen LogP contribution < -0.4 is 10.4 Å². The molecule has 0 fully saturated rings. The van der Waals surface area contributed by atoms with E-state index < -0.39 is 5.63 Å². The third kappa shape index (κ3) is 4.43. The molecule has 7 heteroatoms. The van der Waals surface area contributed by atoms with Crippen molar-refractivity contribution in [1.29, 1.82) is 0 Å². The molecule has 0 spiro atoms. The van der Waals surface area contributed by atoms with Gasteiger partial charge < -0.3 is 14.3 Å². The van der Waals surface area contributed by atoms with Gasteiger partial charge in [-0.2, -0.15) is 0 Å². The second kappa shape index (κ2) is 9.08. The molecule has 3 aromatic carbocycles. The van der Waals surface area contributed by atoms with Crippen LogP contribution in [-0.4, -0.2) is 17.9 Å². The Labute approximate surface area is 195 Å². The fraction of sp³-hybridized carbons (Fsp3) is 0.0833. The molecule has 0 bridgehead atoms. The molecule has 156 valence electrons. The average molecular weight is 543 g/mol. The SMILES string of the molecule is CCOc1cc(Br)c(Br)c(C=Nc2cccc(-c3cc4ccccc4oc3=O)c2)c1O. The van der Waals surface area contributed by atoms with Crippen LogP contribution in [-0.2, 0) is 0 Å². The van der Waals surface area contributed by atoms with Crippen LogP contribution in [0, 0.1) is 0 Å². The summed E-state index contributed by atoms with van der Waals surface area (Å²) in [4.78, 5) is 17.0. The van der Waals surface area contributed by atoms with Crippen LogP contribution in [0.5, 0.6) is 11.5 Å². The number of phenolic OH excluding ortho intramolecular Hbond substituents is 1. The van der Waals surface area contributed by atoms with Crippen LogP contribution in [0.4, 0.5) is 5.69 Å². The second-order valence-corrected chi connectivity index (χ2v) is 8.31. The third-order valence-corrected chi connectivity index (χ3v) is 6.65. The first-order chi connectivity index (χ1) is 15.0. The van der Waals surface area contributed by atoms with Gasteiger partial charge in [0, 0.05) is 20.5 Å². The van der Waals surface area contributed by atoms with Crippen LogP contribution in [0.15, 0.2) is 83.8 Å². The number of para-hydroxylation sites is 1.